The van der Waals surface area contributed by atoms with Gasteiger partial charge in [-0.15, -0.1) is 0 Å². The van der Waals surface area contributed by atoms with Gasteiger partial charge in [-0.05, 0) is 36.5 Å². The molecule has 0 amide bonds. The van der Waals surface area contributed by atoms with E-state index < -0.39 is 41.1 Å². The van der Waals surface area contributed by atoms with Crippen molar-refractivity contribution >= 4 is 34.9 Å². The van der Waals surface area contributed by atoms with Gasteiger partial charge < -0.3 is 9.47 Å². The van der Waals surface area contributed by atoms with Gasteiger partial charge in [-0.25, -0.2) is 0 Å². The molecular weight excluding hydrogens is 336 g/mol. The summed E-state index contributed by atoms with van der Waals surface area (Å²) in [6.45, 7) is 0. The number of carbonyl (C=O) groups excluding carboxylic acids is 4. The third kappa shape index (κ3) is 2.33. The van der Waals surface area contributed by atoms with Crippen LogP contribution in [0.4, 0.5) is 0 Å². The Hall–Kier alpha value is -2.21. The van der Waals surface area contributed by atoms with E-state index >= 15 is 0 Å². The molecule has 0 aliphatic heterocycles. The summed E-state index contributed by atoms with van der Waals surface area (Å²) in [6, 6.07) is 3.19. The molecule has 3 rings (SSSR count). The molecule has 0 spiro atoms. The number of ketones is 3. The number of methoxy groups -OCH3 is 2. The highest BCUT2D eigenvalue weighted by molar-refractivity contribution is 6.46. The van der Waals surface area contributed by atoms with Crippen molar-refractivity contribution in [3.8, 4) is 5.75 Å². The number of rotatable bonds is 2. The molecule has 0 N–H and O–H groups in total. The van der Waals surface area contributed by atoms with E-state index in [1.165, 1.54) is 7.11 Å². The van der Waals surface area contributed by atoms with E-state index in [0.717, 1.165) is 7.11 Å². The number of hydrogen-bond donors (Lipinski definition) is 0. The highest BCUT2D eigenvalue weighted by Crippen LogP contribution is 2.44. The maximum atomic E-state index is 12.9. The number of fused-ring (bicyclic) bond motifs is 2. The van der Waals surface area contributed by atoms with E-state index in [9.17, 15) is 19.2 Å². The maximum Gasteiger partial charge on any atom is 0.316 e. The first-order chi connectivity index (χ1) is 11.4. The van der Waals surface area contributed by atoms with Gasteiger partial charge in [0, 0.05) is 5.02 Å². The zero-order valence-electron chi connectivity index (χ0n) is 13.1. The summed E-state index contributed by atoms with van der Waals surface area (Å²) in [5, 5.41) is 0.400. The van der Waals surface area contributed by atoms with Gasteiger partial charge in [0.2, 0.25) is 11.6 Å². The Morgan fingerprint density at radius 1 is 1.12 bits per heavy atom. The summed E-state index contributed by atoms with van der Waals surface area (Å²) in [5.74, 6) is -5.28. The third-order valence-electron chi connectivity index (χ3n) is 4.77. The molecule has 3 atom stereocenters. The Labute approximate surface area is 143 Å². The molecule has 2 aliphatic carbocycles. The van der Waals surface area contributed by atoms with Gasteiger partial charge in [-0.2, -0.15) is 0 Å². The molecule has 0 bridgehead atoms. The molecule has 6 nitrogen and oxygen atoms in total. The van der Waals surface area contributed by atoms with Crippen LogP contribution in [0.3, 0.4) is 0 Å². The average molecular weight is 351 g/mol. The van der Waals surface area contributed by atoms with Crippen molar-refractivity contribution in [1.29, 1.82) is 0 Å². The summed E-state index contributed by atoms with van der Waals surface area (Å²) in [6.07, 6.45) is 0.426. The molecule has 0 unspecified atom stereocenters. The summed E-state index contributed by atoms with van der Waals surface area (Å²) in [5.41, 5.74) is 0.844. The van der Waals surface area contributed by atoms with Crippen LogP contribution in [0.15, 0.2) is 12.1 Å². The van der Waals surface area contributed by atoms with Crippen molar-refractivity contribution in [2.45, 2.75) is 12.8 Å². The Balaban J connectivity index is 2.08. The fraction of sp³-hybridized carbons (Fsp3) is 0.412. The van der Waals surface area contributed by atoms with Gasteiger partial charge in [-0.3, -0.25) is 19.2 Å². The van der Waals surface area contributed by atoms with Gasteiger partial charge in [0.25, 0.3) is 0 Å². The minimum absolute atomic E-state index is 0.0978. The summed E-state index contributed by atoms with van der Waals surface area (Å²) >= 11 is 6.21. The molecular formula is C17H15ClO6. The van der Waals surface area contributed by atoms with Crippen molar-refractivity contribution < 1.29 is 28.7 Å². The highest BCUT2D eigenvalue weighted by Gasteiger charge is 2.52. The van der Waals surface area contributed by atoms with Gasteiger partial charge in [0.1, 0.15) is 11.7 Å². The Morgan fingerprint density at radius 3 is 2.46 bits per heavy atom. The number of benzene rings is 1. The molecule has 24 heavy (non-hydrogen) atoms. The fourth-order valence-corrected chi connectivity index (χ4v) is 3.86. The normalized spacial score (nSPS) is 25.8. The number of Topliss-reactive ketones (excluding diaryl/α,β-unsaturated/α-hetero) is 3. The van der Waals surface area contributed by atoms with E-state index in [0.29, 0.717) is 22.8 Å². The topological polar surface area (TPSA) is 86.7 Å². The van der Waals surface area contributed by atoms with Gasteiger partial charge in [0.15, 0.2) is 5.78 Å². The fourth-order valence-electron chi connectivity index (χ4n) is 3.62. The van der Waals surface area contributed by atoms with Crippen LogP contribution in [-0.4, -0.2) is 37.5 Å². The largest absolute Gasteiger partial charge is 0.496 e. The Kier molecular flexibility index (Phi) is 4.17. The molecule has 1 aromatic carbocycles. The second-order valence-electron chi connectivity index (χ2n) is 5.95. The number of ether oxygens (including phenoxy) is 2. The summed E-state index contributed by atoms with van der Waals surface area (Å²) in [7, 11) is 2.58. The Morgan fingerprint density at radius 2 is 1.83 bits per heavy atom. The molecule has 126 valence electrons. The van der Waals surface area contributed by atoms with Gasteiger partial charge >= 0.3 is 5.97 Å². The number of hydrogen-bond acceptors (Lipinski definition) is 6. The second-order valence-corrected chi connectivity index (χ2v) is 6.36. The third-order valence-corrected chi connectivity index (χ3v) is 5.12. The molecule has 1 saturated carbocycles. The minimum atomic E-state index is -1.15. The van der Waals surface area contributed by atoms with E-state index in [1.807, 2.05) is 0 Å². The van der Waals surface area contributed by atoms with Crippen molar-refractivity contribution in [3.05, 3.63) is 28.3 Å². The van der Waals surface area contributed by atoms with E-state index in [2.05, 4.69) is 4.74 Å². The van der Waals surface area contributed by atoms with Crippen LogP contribution in [-0.2, 0) is 25.5 Å². The quantitative estimate of drug-likeness (QED) is 0.458. The van der Waals surface area contributed by atoms with E-state index in [4.69, 9.17) is 16.3 Å². The van der Waals surface area contributed by atoms with Crippen molar-refractivity contribution in [1.82, 2.24) is 0 Å². The van der Waals surface area contributed by atoms with Crippen LogP contribution in [0.25, 0.3) is 0 Å². The van der Waals surface area contributed by atoms with Gasteiger partial charge in [-0.1, -0.05) is 11.6 Å². The summed E-state index contributed by atoms with van der Waals surface area (Å²) in [4.78, 5) is 49.3. The zero-order valence-corrected chi connectivity index (χ0v) is 13.9. The minimum Gasteiger partial charge on any atom is -0.496 e. The number of carbonyl (C=O) groups is 4. The molecule has 0 radical (unpaired) electrons. The second kappa shape index (κ2) is 6.02. The first-order valence-electron chi connectivity index (χ1n) is 7.46. The van der Waals surface area contributed by atoms with E-state index in [1.54, 1.807) is 12.1 Å². The van der Waals surface area contributed by atoms with Crippen LogP contribution in [0.1, 0.15) is 22.3 Å². The lowest BCUT2D eigenvalue weighted by Crippen LogP contribution is -2.50. The number of halogens is 1. The number of esters is 1. The van der Waals surface area contributed by atoms with E-state index in [-0.39, 0.29) is 12.0 Å². The monoisotopic (exact) mass is 350 g/mol. The lowest BCUT2D eigenvalue weighted by Gasteiger charge is -2.36. The van der Waals surface area contributed by atoms with Crippen LogP contribution in [0, 0.1) is 17.8 Å². The van der Waals surface area contributed by atoms with Crippen LogP contribution >= 0.6 is 11.6 Å². The molecule has 0 saturated heterocycles. The van der Waals surface area contributed by atoms with Crippen LogP contribution in [0.2, 0.25) is 5.02 Å². The lowest BCUT2D eigenvalue weighted by atomic mass is 9.64. The first-order valence-corrected chi connectivity index (χ1v) is 7.84. The smallest absolute Gasteiger partial charge is 0.316 e. The molecule has 0 aromatic heterocycles. The highest BCUT2D eigenvalue weighted by atomic mass is 35.5. The van der Waals surface area contributed by atoms with Crippen LogP contribution in [0.5, 0.6) is 5.75 Å². The molecule has 1 aromatic rings. The summed E-state index contributed by atoms with van der Waals surface area (Å²) < 4.78 is 9.81. The van der Waals surface area contributed by atoms with Crippen molar-refractivity contribution in [2.75, 3.05) is 14.2 Å². The van der Waals surface area contributed by atoms with Gasteiger partial charge in [0.05, 0.1) is 25.7 Å². The van der Waals surface area contributed by atoms with Crippen molar-refractivity contribution in [2.24, 2.45) is 17.8 Å². The SMILES string of the molecule is COC(=O)[C@@H]1C[C@@H]2Cc3c(Cl)ccc(OC)c3C(=O)[C@@H]2C(=O)C1=O. The predicted molar refractivity (Wildman–Crippen MR) is 83.2 cm³/mol. The average Bonchev–Trinajstić information content (AvgIpc) is 2.58. The standard InChI is InChI=1S/C17H15ClO6/c1-23-11-4-3-10(18)8-5-7-6-9(17(22)24-2)14(19)16(21)12(7)15(20)13(8)11/h3-4,7,9,12H,5-6H2,1-2H3/t7-,9+,12+/m0/s1. The molecule has 7 heteroatoms. The zero-order chi connectivity index (χ0) is 17.6. The van der Waals surface area contributed by atoms with Crippen molar-refractivity contribution in [3.63, 3.8) is 0 Å². The molecule has 2 aliphatic rings. The molecule has 0 heterocycles. The predicted octanol–water partition coefficient (Wildman–Crippen LogP) is 1.65. The first kappa shape index (κ1) is 16.6. The lowest BCUT2D eigenvalue weighted by molar-refractivity contribution is -0.157. The Bertz CT molecular complexity index is 769. The van der Waals surface area contributed by atoms with Crippen LogP contribution < -0.4 is 4.74 Å². The molecule has 1 fully saturated rings. The maximum absolute atomic E-state index is 12.9.